The Balaban J connectivity index is 2.07. The van der Waals surface area contributed by atoms with Crippen LogP contribution in [0.3, 0.4) is 0 Å². The van der Waals surface area contributed by atoms with Crippen molar-refractivity contribution in [3.05, 3.63) is 63.7 Å². The number of amides is 1. The highest BCUT2D eigenvalue weighted by atomic mass is 16.6. The summed E-state index contributed by atoms with van der Waals surface area (Å²) in [7, 11) is 0. The lowest BCUT2D eigenvalue weighted by molar-refractivity contribution is -0.384. The predicted molar refractivity (Wildman–Crippen MR) is 89.3 cm³/mol. The van der Waals surface area contributed by atoms with E-state index in [0.29, 0.717) is 11.5 Å². The smallest absolute Gasteiger partial charge is 0.267 e. The molecule has 0 aromatic heterocycles. The number of allylic oxidation sites excluding steroid dienone is 3. The molecule has 0 aliphatic heterocycles. The highest BCUT2D eigenvalue weighted by Gasteiger charge is 2.19. The van der Waals surface area contributed by atoms with E-state index in [9.17, 15) is 14.9 Å². The van der Waals surface area contributed by atoms with Crippen molar-refractivity contribution in [2.75, 3.05) is 0 Å². The lowest BCUT2D eigenvalue weighted by Gasteiger charge is -2.22. The van der Waals surface area contributed by atoms with E-state index >= 15 is 0 Å². The topological polar surface area (TPSA) is 84.6 Å². The Labute approximate surface area is 134 Å². The quantitative estimate of drug-likeness (QED) is 0.523. The molecule has 1 aromatic carbocycles. The molecule has 0 fully saturated rings. The van der Waals surface area contributed by atoms with E-state index in [1.54, 1.807) is 0 Å². The summed E-state index contributed by atoms with van der Waals surface area (Å²) in [6.07, 6.45) is 3.79. The summed E-state index contributed by atoms with van der Waals surface area (Å²) in [5.41, 5.74) is 5.77. The SMILES string of the molecule is C=C(C)C1CC=C(C)C(=NNC(=O)c2ccc([N+](=O)[O-])cc2)C1. The molecule has 1 aliphatic carbocycles. The molecule has 0 radical (unpaired) electrons. The fraction of sp³-hybridized carbons (Fsp3) is 0.294. The zero-order valence-corrected chi connectivity index (χ0v) is 13.2. The number of nitrogens with zero attached hydrogens (tertiary/aromatic N) is 2. The Kier molecular flexibility index (Phi) is 5.05. The van der Waals surface area contributed by atoms with Gasteiger partial charge in [0.05, 0.1) is 10.6 Å². The standard InChI is InChI=1S/C17H19N3O3/c1-11(2)14-5-4-12(3)16(10-14)18-19-17(21)13-6-8-15(9-7-13)20(22)23/h4,6-9,14H,1,5,10H2,2-3H3,(H,19,21). The molecule has 0 saturated heterocycles. The third-order valence-corrected chi connectivity index (χ3v) is 3.93. The molecule has 6 heteroatoms. The van der Waals surface area contributed by atoms with Crippen LogP contribution in [-0.4, -0.2) is 16.5 Å². The molecule has 1 atom stereocenters. The Bertz CT molecular complexity index is 702. The minimum Gasteiger partial charge on any atom is -0.267 e. The van der Waals surface area contributed by atoms with Crippen molar-refractivity contribution in [1.82, 2.24) is 5.43 Å². The molecule has 120 valence electrons. The number of hydrogen-bond donors (Lipinski definition) is 1. The molecule has 0 saturated carbocycles. The van der Waals surface area contributed by atoms with Gasteiger partial charge >= 0.3 is 0 Å². The second-order valence-electron chi connectivity index (χ2n) is 5.67. The van der Waals surface area contributed by atoms with Crippen molar-refractivity contribution in [2.24, 2.45) is 11.0 Å². The molecule has 1 amide bonds. The largest absolute Gasteiger partial charge is 0.271 e. The summed E-state index contributed by atoms with van der Waals surface area (Å²) in [6.45, 7) is 7.93. The van der Waals surface area contributed by atoms with Gasteiger partial charge in [-0.05, 0) is 50.3 Å². The van der Waals surface area contributed by atoms with Crippen molar-refractivity contribution in [3.63, 3.8) is 0 Å². The van der Waals surface area contributed by atoms with E-state index in [-0.39, 0.29) is 5.69 Å². The summed E-state index contributed by atoms with van der Waals surface area (Å²) in [4.78, 5) is 22.2. The fourth-order valence-electron chi connectivity index (χ4n) is 2.34. The molecule has 6 nitrogen and oxygen atoms in total. The maximum atomic E-state index is 12.1. The fourth-order valence-corrected chi connectivity index (χ4v) is 2.34. The van der Waals surface area contributed by atoms with Crippen LogP contribution in [0, 0.1) is 16.0 Å². The van der Waals surface area contributed by atoms with E-state index in [0.717, 1.165) is 29.7 Å². The molecule has 2 rings (SSSR count). The van der Waals surface area contributed by atoms with Gasteiger partial charge in [0.2, 0.25) is 0 Å². The Morgan fingerprint density at radius 1 is 1.39 bits per heavy atom. The maximum absolute atomic E-state index is 12.1. The summed E-state index contributed by atoms with van der Waals surface area (Å²) in [5.74, 6) is -0.0497. The van der Waals surface area contributed by atoms with Crippen molar-refractivity contribution in [3.8, 4) is 0 Å². The van der Waals surface area contributed by atoms with Crippen molar-refractivity contribution in [1.29, 1.82) is 0 Å². The van der Waals surface area contributed by atoms with Gasteiger partial charge in [-0.2, -0.15) is 5.10 Å². The number of carbonyl (C=O) groups is 1. The lowest BCUT2D eigenvalue weighted by atomic mass is 9.85. The number of rotatable bonds is 4. The van der Waals surface area contributed by atoms with Crippen LogP contribution in [0.2, 0.25) is 0 Å². The van der Waals surface area contributed by atoms with Crippen molar-refractivity contribution < 1.29 is 9.72 Å². The van der Waals surface area contributed by atoms with Crippen LogP contribution in [0.15, 0.2) is 53.2 Å². The van der Waals surface area contributed by atoms with Gasteiger partial charge in [0.1, 0.15) is 0 Å². The molecule has 1 aliphatic rings. The van der Waals surface area contributed by atoms with E-state index in [1.807, 2.05) is 13.8 Å². The molecule has 23 heavy (non-hydrogen) atoms. The minimum absolute atomic E-state index is 0.0526. The highest BCUT2D eigenvalue weighted by molar-refractivity contribution is 6.02. The van der Waals surface area contributed by atoms with Gasteiger partial charge in [0.15, 0.2) is 0 Å². The van der Waals surface area contributed by atoms with Gasteiger partial charge in [0, 0.05) is 17.7 Å². The monoisotopic (exact) mass is 313 g/mol. The Morgan fingerprint density at radius 3 is 2.61 bits per heavy atom. The Morgan fingerprint density at radius 2 is 2.04 bits per heavy atom. The number of nitrogens with one attached hydrogen (secondary N) is 1. The first-order valence-corrected chi connectivity index (χ1v) is 7.32. The predicted octanol–water partition coefficient (Wildman–Crippen LogP) is 3.61. The number of benzene rings is 1. The molecule has 1 aromatic rings. The molecular weight excluding hydrogens is 294 g/mol. The molecule has 1 N–H and O–H groups in total. The van der Waals surface area contributed by atoms with E-state index in [2.05, 4.69) is 23.2 Å². The zero-order chi connectivity index (χ0) is 17.0. The maximum Gasteiger partial charge on any atom is 0.271 e. The number of carbonyl (C=O) groups excluding carboxylic acids is 1. The van der Waals surface area contributed by atoms with Crippen LogP contribution in [-0.2, 0) is 0 Å². The second kappa shape index (κ2) is 7.00. The summed E-state index contributed by atoms with van der Waals surface area (Å²) in [6, 6.07) is 5.41. The molecule has 0 bridgehead atoms. The van der Waals surface area contributed by atoms with Gasteiger partial charge in [0.25, 0.3) is 11.6 Å². The molecule has 0 heterocycles. The lowest BCUT2D eigenvalue weighted by Crippen LogP contribution is -2.23. The molecule has 1 unspecified atom stereocenters. The van der Waals surface area contributed by atoms with Crippen molar-refractivity contribution in [2.45, 2.75) is 26.7 Å². The first-order valence-electron chi connectivity index (χ1n) is 7.32. The van der Waals surface area contributed by atoms with Gasteiger partial charge in [-0.15, -0.1) is 0 Å². The van der Waals surface area contributed by atoms with Gasteiger partial charge in [-0.25, -0.2) is 5.43 Å². The summed E-state index contributed by atoms with van der Waals surface area (Å²) < 4.78 is 0. The average Bonchev–Trinajstić information content (AvgIpc) is 2.53. The molecular formula is C17H19N3O3. The second-order valence-corrected chi connectivity index (χ2v) is 5.67. The van der Waals surface area contributed by atoms with Crippen LogP contribution < -0.4 is 5.43 Å². The first kappa shape index (κ1) is 16.6. The number of non-ortho nitro benzene ring substituents is 1. The first-order chi connectivity index (χ1) is 10.9. The Hall–Kier alpha value is -2.76. The minimum atomic E-state index is -0.504. The van der Waals surface area contributed by atoms with Crippen molar-refractivity contribution >= 4 is 17.3 Å². The normalized spacial score (nSPS) is 19.1. The zero-order valence-electron chi connectivity index (χ0n) is 13.2. The van der Waals surface area contributed by atoms with Crippen LogP contribution >= 0.6 is 0 Å². The summed E-state index contributed by atoms with van der Waals surface area (Å²) >= 11 is 0. The van der Waals surface area contributed by atoms with Crippen LogP contribution in [0.25, 0.3) is 0 Å². The van der Waals surface area contributed by atoms with Gasteiger partial charge in [-0.1, -0.05) is 18.2 Å². The number of nitro benzene ring substituents is 1. The van der Waals surface area contributed by atoms with Crippen LogP contribution in [0.5, 0.6) is 0 Å². The number of hydrazone groups is 1. The van der Waals surface area contributed by atoms with Gasteiger partial charge < -0.3 is 0 Å². The number of nitro groups is 1. The highest BCUT2D eigenvalue weighted by Crippen LogP contribution is 2.26. The molecule has 0 spiro atoms. The third kappa shape index (κ3) is 4.12. The van der Waals surface area contributed by atoms with Crippen LogP contribution in [0.4, 0.5) is 5.69 Å². The number of hydrogen-bond acceptors (Lipinski definition) is 4. The van der Waals surface area contributed by atoms with E-state index in [4.69, 9.17) is 0 Å². The van der Waals surface area contributed by atoms with E-state index in [1.165, 1.54) is 24.3 Å². The average molecular weight is 313 g/mol. The van der Waals surface area contributed by atoms with Gasteiger partial charge in [-0.3, -0.25) is 14.9 Å². The van der Waals surface area contributed by atoms with E-state index < -0.39 is 10.8 Å². The van der Waals surface area contributed by atoms with Crippen LogP contribution in [0.1, 0.15) is 37.0 Å². The summed E-state index contributed by atoms with van der Waals surface area (Å²) in [5, 5.41) is 14.8. The third-order valence-electron chi connectivity index (χ3n) is 3.93.